The second-order valence-corrected chi connectivity index (χ2v) is 5.10. The third-order valence-corrected chi connectivity index (χ3v) is 3.29. The summed E-state index contributed by atoms with van der Waals surface area (Å²) in [5, 5.41) is 0. The number of rotatable bonds is 5. The quantitative estimate of drug-likeness (QED) is 0.846. The summed E-state index contributed by atoms with van der Waals surface area (Å²) in [6, 6.07) is 14.5. The van der Waals surface area contributed by atoms with Crippen molar-refractivity contribution in [3.8, 4) is 0 Å². The van der Waals surface area contributed by atoms with Crippen molar-refractivity contribution in [2.75, 3.05) is 20.6 Å². The average Bonchev–Trinajstić information content (AvgIpc) is 2.55. The molecule has 22 heavy (non-hydrogen) atoms. The summed E-state index contributed by atoms with van der Waals surface area (Å²) in [5.74, 6) is -0.294. The van der Waals surface area contributed by atoms with Crippen LogP contribution in [0.2, 0.25) is 0 Å². The van der Waals surface area contributed by atoms with Crippen LogP contribution in [0.3, 0.4) is 0 Å². The molecule has 0 aliphatic rings. The van der Waals surface area contributed by atoms with Crippen molar-refractivity contribution in [3.05, 3.63) is 66.0 Å². The molecular formula is C17H19N3O2. The van der Waals surface area contributed by atoms with Crippen LogP contribution in [-0.2, 0) is 11.3 Å². The first-order chi connectivity index (χ1) is 10.6. The molecule has 1 aromatic carbocycles. The first-order valence-electron chi connectivity index (χ1n) is 7.02. The minimum Gasteiger partial charge on any atom is -0.338 e. The molecule has 0 saturated heterocycles. The topological polar surface area (TPSA) is 53.5 Å². The van der Waals surface area contributed by atoms with Gasteiger partial charge in [-0.3, -0.25) is 14.6 Å². The summed E-state index contributed by atoms with van der Waals surface area (Å²) in [6.45, 7) is 0.462. The molecule has 1 heterocycles. The lowest BCUT2D eigenvalue weighted by molar-refractivity contribution is -0.130. The molecule has 0 spiro atoms. The van der Waals surface area contributed by atoms with Crippen LogP contribution < -0.4 is 0 Å². The number of aromatic nitrogens is 1. The molecule has 0 unspecified atom stereocenters. The van der Waals surface area contributed by atoms with E-state index in [1.165, 1.54) is 4.90 Å². The van der Waals surface area contributed by atoms with Gasteiger partial charge in [-0.2, -0.15) is 0 Å². The van der Waals surface area contributed by atoms with Crippen LogP contribution in [0, 0.1) is 0 Å². The molecule has 0 fully saturated rings. The van der Waals surface area contributed by atoms with Gasteiger partial charge in [-0.15, -0.1) is 0 Å². The van der Waals surface area contributed by atoms with Crippen LogP contribution >= 0.6 is 0 Å². The minimum absolute atomic E-state index is 0.0388. The number of hydrogen-bond donors (Lipinski definition) is 0. The Hall–Kier alpha value is -2.69. The lowest BCUT2D eigenvalue weighted by Gasteiger charge is -2.22. The molecule has 0 aliphatic carbocycles. The van der Waals surface area contributed by atoms with Gasteiger partial charge in [0.15, 0.2) is 0 Å². The number of hydrogen-bond acceptors (Lipinski definition) is 3. The van der Waals surface area contributed by atoms with Crippen LogP contribution in [0.5, 0.6) is 0 Å². The molecule has 0 saturated carbocycles. The Bertz CT molecular complexity index is 629. The van der Waals surface area contributed by atoms with E-state index in [9.17, 15) is 9.59 Å². The maximum Gasteiger partial charge on any atom is 0.254 e. The van der Waals surface area contributed by atoms with Gasteiger partial charge in [-0.1, -0.05) is 24.3 Å². The van der Waals surface area contributed by atoms with E-state index >= 15 is 0 Å². The van der Waals surface area contributed by atoms with Gasteiger partial charge in [0.25, 0.3) is 5.91 Å². The van der Waals surface area contributed by atoms with E-state index in [1.807, 2.05) is 24.3 Å². The van der Waals surface area contributed by atoms with Gasteiger partial charge in [-0.05, 0) is 24.3 Å². The van der Waals surface area contributed by atoms with Gasteiger partial charge in [0, 0.05) is 25.9 Å². The minimum atomic E-state index is -0.166. The number of pyridine rings is 1. The molecule has 2 amide bonds. The molecule has 0 atom stereocenters. The maximum atomic E-state index is 12.2. The first-order valence-corrected chi connectivity index (χ1v) is 7.02. The van der Waals surface area contributed by atoms with Crippen LogP contribution in [0.4, 0.5) is 0 Å². The lowest BCUT2D eigenvalue weighted by Crippen LogP contribution is -2.39. The Kier molecular flexibility index (Phi) is 5.25. The summed E-state index contributed by atoms with van der Waals surface area (Å²) in [4.78, 5) is 31.6. The third kappa shape index (κ3) is 4.15. The smallest absolute Gasteiger partial charge is 0.254 e. The molecule has 1 aromatic heterocycles. The van der Waals surface area contributed by atoms with Gasteiger partial charge < -0.3 is 9.80 Å². The molecule has 0 aliphatic heterocycles. The second-order valence-electron chi connectivity index (χ2n) is 5.10. The van der Waals surface area contributed by atoms with E-state index in [-0.39, 0.29) is 18.4 Å². The summed E-state index contributed by atoms with van der Waals surface area (Å²) in [6.07, 6.45) is 1.69. The highest BCUT2D eigenvalue weighted by Crippen LogP contribution is 2.04. The SMILES string of the molecule is CN(Cc1ccccn1)C(=O)CN(C)C(=O)c1ccccc1. The molecule has 2 rings (SSSR count). The summed E-state index contributed by atoms with van der Waals surface area (Å²) in [7, 11) is 3.33. The lowest BCUT2D eigenvalue weighted by atomic mass is 10.2. The zero-order valence-electron chi connectivity index (χ0n) is 12.8. The van der Waals surface area contributed by atoms with E-state index in [2.05, 4.69) is 4.98 Å². The van der Waals surface area contributed by atoms with E-state index in [1.54, 1.807) is 49.5 Å². The van der Waals surface area contributed by atoms with Crippen molar-refractivity contribution in [2.45, 2.75) is 6.54 Å². The number of carbonyl (C=O) groups excluding carboxylic acids is 2. The highest BCUT2D eigenvalue weighted by atomic mass is 16.2. The van der Waals surface area contributed by atoms with Crippen molar-refractivity contribution in [2.24, 2.45) is 0 Å². The highest BCUT2D eigenvalue weighted by molar-refractivity contribution is 5.96. The predicted octanol–water partition coefficient (Wildman–Crippen LogP) is 1.81. The largest absolute Gasteiger partial charge is 0.338 e. The van der Waals surface area contributed by atoms with Gasteiger partial charge in [0.1, 0.15) is 0 Å². The molecule has 5 heteroatoms. The standard InChI is InChI=1S/C17H19N3O2/c1-19(12-15-10-6-7-11-18-15)16(21)13-20(2)17(22)14-8-4-3-5-9-14/h3-11H,12-13H2,1-2H3. The van der Waals surface area contributed by atoms with E-state index in [0.717, 1.165) is 5.69 Å². The second kappa shape index (κ2) is 7.36. The van der Waals surface area contributed by atoms with Crippen molar-refractivity contribution in [1.29, 1.82) is 0 Å². The van der Waals surface area contributed by atoms with Crippen LogP contribution in [0.1, 0.15) is 16.1 Å². The van der Waals surface area contributed by atoms with Crippen LogP contribution in [-0.4, -0.2) is 47.2 Å². The molecule has 2 aromatic rings. The molecular weight excluding hydrogens is 278 g/mol. The van der Waals surface area contributed by atoms with Crippen LogP contribution in [0.15, 0.2) is 54.7 Å². The maximum absolute atomic E-state index is 12.2. The van der Waals surface area contributed by atoms with Crippen molar-refractivity contribution in [1.82, 2.24) is 14.8 Å². The Balaban J connectivity index is 1.92. The van der Waals surface area contributed by atoms with Crippen molar-refractivity contribution < 1.29 is 9.59 Å². The van der Waals surface area contributed by atoms with Gasteiger partial charge in [-0.25, -0.2) is 0 Å². The zero-order valence-corrected chi connectivity index (χ0v) is 12.8. The monoisotopic (exact) mass is 297 g/mol. The summed E-state index contributed by atoms with van der Waals surface area (Å²) < 4.78 is 0. The molecule has 0 radical (unpaired) electrons. The number of carbonyl (C=O) groups is 2. The average molecular weight is 297 g/mol. The summed E-state index contributed by atoms with van der Waals surface area (Å²) in [5.41, 5.74) is 1.39. The van der Waals surface area contributed by atoms with Gasteiger partial charge in [0.2, 0.25) is 5.91 Å². The normalized spacial score (nSPS) is 10.1. The highest BCUT2D eigenvalue weighted by Gasteiger charge is 2.17. The first kappa shape index (κ1) is 15.7. The number of likely N-dealkylation sites (N-methyl/N-ethyl adjacent to an activating group) is 2. The van der Waals surface area contributed by atoms with Crippen molar-refractivity contribution >= 4 is 11.8 Å². The predicted molar refractivity (Wildman–Crippen MR) is 84.1 cm³/mol. The number of benzene rings is 1. The Morgan fingerprint density at radius 1 is 0.955 bits per heavy atom. The molecule has 114 valence electrons. The van der Waals surface area contributed by atoms with E-state index in [4.69, 9.17) is 0 Å². The molecule has 5 nitrogen and oxygen atoms in total. The van der Waals surface area contributed by atoms with E-state index in [0.29, 0.717) is 12.1 Å². The fourth-order valence-electron chi connectivity index (χ4n) is 2.02. The van der Waals surface area contributed by atoms with Crippen molar-refractivity contribution in [3.63, 3.8) is 0 Å². The van der Waals surface area contributed by atoms with E-state index < -0.39 is 0 Å². The van der Waals surface area contributed by atoms with Crippen LogP contribution in [0.25, 0.3) is 0 Å². The third-order valence-electron chi connectivity index (χ3n) is 3.29. The van der Waals surface area contributed by atoms with Gasteiger partial charge in [0.05, 0.1) is 18.8 Å². The Morgan fingerprint density at radius 2 is 1.64 bits per heavy atom. The van der Waals surface area contributed by atoms with Gasteiger partial charge >= 0.3 is 0 Å². The fraction of sp³-hybridized carbons (Fsp3) is 0.235. The molecule has 0 N–H and O–H groups in total. The Labute approximate surface area is 130 Å². The fourth-order valence-corrected chi connectivity index (χ4v) is 2.02. The zero-order chi connectivity index (χ0) is 15.9. The molecule has 0 bridgehead atoms. The number of amides is 2. The summed E-state index contributed by atoms with van der Waals surface area (Å²) >= 11 is 0. The number of nitrogens with zero attached hydrogens (tertiary/aromatic N) is 3. The Morgan fingerprint density at radius 3 is 2.27 bits per heavy atom.